The first-order chi connectivity index (χ1) is 13.7. The number of hydrogen-bond donors (Lipinski definition) is 2. The lowest BCUT2D eigenvalue weighted by Crippen LogP contribution is -2.11. The lowest BCUT2D eigenvalue weighted by Gasteiger charge is -2.11. The fraction of sp³-hybridized carbons (Fsp3) is 0.158. The van der Waals surface area contributed by atoms with Crippen molar-refractivity contribution >= 4 is 16.9 Å². The number of carbonyl (C=O) groups excluding carboxylic acids is 1. The SMILES string of the molecule is CCOc1cc(C(=O)Cc2ccccn2)ccc1-c1nc2n[nH]nc2c(=O)[nH]1. The number of H-pyrrole nitrogens is 2. The molecule has 9 heteroatoms. The fourth-order valence-corrected chi connectivity index (χ4v) is 2.82. The molecule has 0 aliphatic heterocycles. The van der Waals surface area contributed by atoms with Crippen LogP contribution in [-0.4, -0.2) is 42.8 Å². The van der Waals surface area contributed by atoms with Crippen molar-refractivity contribution in [3.8, 4) is 17.1 Å². The number of nitrogens with zero attached hydrogens (tertiary/aromatic N) is 4. The number of ether oxygens (including phenoxy) is 1. The molecule has 0 aliphatic carbocycles. The van der Waals surface area contributed by atoms with Gasteiger partial charge in [-0.2, -0.15) is 5.21 Å². The molecule has 0 unspecified atom stereocenters. The predicted molar refractivity (Wildman–Crippen MR) is 101 cm³/mol. The molecule has 28 heavy (non-hydrogen) atoms. The first-order valence-electron chi connectivity index (χ1n) is 8.67. The van der Waals surface area contributed by atoms with Crippen LogP contribution < -0.4 is 10.3 Å². The van der Waals surface area contributed by atoms with E-state index in [4.69, 9.17) is 4.74 Å². The van der Waals surface area contributed by atoms with Crippen LogP contribution in [0.15, 0.2) is 47.4 Å². The normalized spacial score (nSPS) is 10.9. The zero-order valence-electron chi connectivity index (χ0n) is 15.0. The molecule has 9 nitrogen and oxygen atoms in total. The van der Waals surface area contributed by atoms with Crippen molar-refractivity contribution in [1.29, 1.82) is 0 Å². The minimum atomic E-state index is -0.411. The summed E-state index contributed by atoms with van der Waals surface area (Å²) in [4.78, 5) is 36.0. The largest absolute Gasteiger partial charge is 0.493 e. The summed E-state index contributed by atoms with van der Waals surface area (Å²) >= 11 is 0. The monoisotopic (exact) mass is 376 g/mol. The molecule has 3 aromatic heterocycles. The molecule has 0 saturated heterocycles. The Morgan fingerprint density at radius 2 is 2.07 bits per heavy atom. The molecule has 0 atom stereocenters. The molecular weight excluding hydrogens is 360 g/mol. The van der Waals surface area contributed by atoms with E-state index in [1.54, 1.807) is 36.5 Å². The Morgan fingerprint density at radius 3 is 2.86 bits per heavy atom. The summed E-state index contributed by atoms with van der Waals surface area (Å²) in [7, 11) is 0. The van der Waals surface area contributed by atoms with Crippen LogP contribution in [0.2, 0.25) is 0 Å². The number of pyridine rings is 1. The lowest BCUT2D eigenvalue weighted by molar-refractivity contribution is 0.0991. The van der Waals surface area contributed by atoms with E-state index in [9.17, 15) is 9.59 Å². The molecule has 0 radical (unpaired) electrons. The molecule has 4 rings (SSSR count). The number of nitrogens with one attached hydrogen (secondary N) is 2. The highest BCUT2D eigenvalue weighted by molar-refractivity contribution is 5.98. The van der Waals surface area contributed by atoms with Gasteiger partial charge in [0.05, 0.1) is 18.6 Å². The zero-order chi connectivity index (χ0) is 19.5. The van der Waals surface area contributed by atoms with E-state index < -0.39 is 5.56 Å². The summed E-state index contributed by atoms with van der Waals surface area (Å²) in [6.07, 6.45) is 1.84. The Bertz CT molecular complexity index is 1200. The van der Waals surface area contributed by atoms with E-state index in [0.717, 1.165) is 0 Å². The maximum absolute atomic E-state index is 12.6. The van der Waals surface area contributed by atoms with Crippen molar-refractivity contribution in [1.82, 2.24) is 30.4 Å². The van der Waals surface area contributed by atoms with E-state index in [1.807, 2.05) is 13.0 Å². The van der Waals surface area contributed by atoms with Crippen molar-refractivity contribution in [2.75, 3.05) is 6.61 Å². The average molecular weight is 376 g/mol. The van der Waals surface area contributed by atoms with Gasteiger partial charge in [0.25, 0.3) is 5.56 Å². The van der Waals surface area contributed by atoms with Gasteiger partial charge in [-0.05, 0) is 31.2 Å². The van der Waals surface area contributed by atoms with Crippen molar-refractivity contribution < 1.29 is 9.53 Å². The van der Waals surface area contributed by atoms with Crippen LogP contribution in [-0.2, 0) is 6.42 Å². The molecule has 3 heterocycles. The summed E-state index contributed by atoms with van der Waals surface area (Å²) in [6.45, 7) is 2.23. The molecule has 0 saturated carbocycles. The summed E-state index contributed by atoms with van der Waals surface area (Å²) in [5.74, 6) is 0.651. The maximum Gasteiger partial charge on any atom is 0.281 e. The van der Waals surface area contributed by atoms with Crippen molar-refractivity contribution in [3.63, 3.8) is 0 Å². The Kier molecular flexibility index (Phi) is 4.63. The van der Waals surface area contributed by atoms with Crippen LogP contribution in [0.25, 0.3) is 22.6 Å². The van der Waals surface area contributed by atoms with Crippen LogP contribution in [0.3, 0.4) is 0 Å². The van der Waals surface area contributed by atoms with Gasteiger partial charge >= 0.3 is 0 Å². The first-order valence-corrected chi connectivity index (χ1v) is 8.67. The van der Waals surface area contributed by atoms with E-state index >= 15 is 0 Å². The van der Waals surface area contributed by atoms with Gasteiger partial charge in [-0.25, -0.2) is 4.98 Å². The van der Waals surface area contributed by atoms with E-state index in [0.29, 0.717) is 35.0 Å². The highest BCUT2D eigenvalue weighted by Crippen LogP contribution is 2.29. The van der Waals surface area contributed by atoms with E-state index in [2.05, 4.69) is 30.4 Å². The summed E-state index contributed by atoms with van der Waals surface area (Å²) in [6, 6.07) is 10.5. The minimum Gasteiger partial charge on any atom is -0.493 e. The highest BCUT2D eigenvalue weighted by atomic mass is 16.5. The van der Waals surface area contributed by atoms with E-state index in [1.165, 1.54) is 0 Å². The number of aromatic nitrogens is 6. The first kappa shape index (κ1) is 17.5. The second-order valence-corrected chi connectivity index (χ2v) is 5.98. The molecule has 0 fully saturated rings. The van der Waals surface area contributed by atoms with Crippen molar-refractivity contribution in [3.05, 3.63) is 64.2 Å². The topological polar surface area (TPSA) is 127 Å². The van der Waals surface area contributed by atoms with Gasteiger partial charge in [0.15, 0.2) is 11.3 Å². The summed E-state index contributed by atoms with van der Waals surface area (Å²) in [5.41, 5.74) is 1.66. The molecule has 0 aliphatic rings. The van der Waals surface area contributed by atoms with Gasteiger partial charge in [0, 0.05) is 17.5 Å². The van der Waals surface area contributed by atoms with Gasteiger partial charge < -0.3 is 9.72 Å². The fourth-order valence-electron chi connectivity index (χ4n) is 2.82. The van der Waals surface area contributed by atoms with Crippen molar-refractivity contribution in [2.45, 2.75) is 13.3 Å². The van der Waals surface area contributed by atoms with Crippen LogP contribution in [0, 0.1) is 0 Å². The number of hydrogen-bond acceptors (Lipinski definition) is 7. The number of ketones is 1. The molecule has 0 bridgehead atoms. The number of fused-ring (bicyclic) bond motifs is 1. The Labute approximate surface area is 158 Å². The standard InChI is InChI=1S/C19H16N6O3/c1-2-28-15-9-11(14(26)10-12-5-3-4-8-20-12)6-7-13(15)17-21-18-16(19(27)22-17)23-25-24-18/h3-9H,2,10H2,1H3,(H2,21,22,23,24,25,27). The average Bonchev–Trinajstić information content (AvgIpc) is 3.18. The van der Waals surface area contributed by atoms with Crippen LogP contribution in [0.1, 0.15) is 23.0 Å². The van der Waals surface area contributed by atoms with Gasteiger partial charge in [0.2, 0.25) is 5.65 Å². The maximum atomic E-state index is 12.6. The number of rotatable bonds is 6. The number of benzene rings is 1. The molecule has 140 valence electrons. The quantitative estimate of drug-likeness (QED) is 0.492. The Morgan fingerprint density at radius 1 is 1.18 bits per heavy atom. The molecule has 2 N–H and O–H groups in total. The lowest BCUT2D eigenvalue weighted by atomic mass is 10.0. The van der Waals surface area contributed by atoms with Crippen LogP contribution >= 0.6 is 0 Å². The molecule has 4 aromatic rings. The second kappa shape index (κ2) is 7.39. The van der Waals surface area contributed by atoms with E-state index in [-0.39, 0.29) is 23.4 Å². The van der Waals surface area contributed by atoms with Gasteiger partial charge in [0.1, 0.15) is 11.6 Å². The van der Waals surface area contributed by atoms with Gasteiger partial charge in [-0.3, -0.25) is 14.6 Å². The zero-order valence-corrected chi connectivity index (χ0v) is 15.0. The molecular formula is C19H16N6O3. The van der Waals surface area contributed by atoms with Gasteiger partial charge in [-0.15, -0.1) is 10.2 Å². The summed E-state index contributed by atoms with van der Waals surface area (Å²) in [5, 5.41) is 10.0. The van der Waals surface area contributed by atoms with Crippen LogP contribution in [0.4, 0.5) is 0 Å². The third kappa shape index (κ3) is 3.37. The number of aromatic amines is 2. The van der Waals surface area contributed by atoms with Gasteiger partial charge in [-0.1, -0.05) is 12.1 Å². The number of carbonyl (C=O) groups is 1. The highest BCUT2D eigenvalue weighted by Gasteiger charge is 2.16. The Balaban J connectivity index is 1.72. The third-order valence-corrected chi connectivity index (χ3v) is 4.12. The number of Topliss-reactive ketones (excluding diaryl/α,β-unsaturated/α-hetero) is 1. The van der Waals surface area contributed by atoms with Crippen LogP contribution in [0.5, 0.6) is 5.75 Å². The summed E-state index contributed by atoms with van der Waals surface area (Å²) < 4.78 is 5.69. The Hall–Kier alpha value is -3.88. The third-order valence-electron chi connectivity index (χ3n) is 4.12. The molecule has 0 amide bonds. The minimum absolute atomic E-state index is 0.0837. The smallest absolute Gasteiger partial charge is 0.281 e. The molecule has 1 aromatic carbocycles. The second-order valence-electron chi connectivity index (χ2n) is 5.98. The van der Waals surface area contributed by atoms with Crippen molar-refractivity contribution in [2.24, 2.45) is 0 Å². The molecule has 0 spiro atoms. The predicted octanol–water partition coefficient (Wildman–Crippen LogP) is 1.93.